The molecule has 2 aromatic carbocycles. The molecule has 2 heterocycles. The van der Waals surface area contributed by atoms with Crippen LogP contribution >= 0.6 is 11.6 Å². The molecule has 5 rings (SSSR count). The number of aryl methyl sites for hydroxylation is 2. The molecule has 5 nitrogen and oxygen atoms in total. The fourth-order valence-electron chi connectivity index (χ4n) is 4.00. The van der Waals surface area contributed by atoms with E-state index >= 15 is 0 Å². The lowest BCUT2D eigenvalue weighted by molar-refractivity contribution is -0.117. The fraction of sp³-hybridized carbons (Fsp3) is 0.286. The molecule has 2 aliphatic rings. The van der Waals surface area contributed by atoms with E-state index in [1.54, 1.807) is 11.0 Å². The maximum absolute atomic E-state index is 13.7. The molecule has 1 fully saturated rings. The van der Waals surface area contributed by atoms with Crippen molar-refractivity contribution in [2.75, 3.05) is 11.4 Å². The Bertz CT molecular complexity index is 1080. The van der Waals surface area contributed by atoms with Gasteiger partial charge in [0.15, 0.2) is 0 Å². The van der Waals surface area contributed by atoms with Gasteiger partial charge in [-0.1, -0.05) is 22.8 Å². The molecule has 1 atom stereocenters. The van der Waals surface area contributed by atoms with Crippen LogP contribution in [0.4, 0.5) is 10.1 Å². The first-order valence-electron chi connectivity index (χ1n) is 9.29. The molecule has 142 valence electrons. The topological polar surface area (TPSA) is 59.2 Å². The molecule has 7 heteroatoms. The van der Waals surface area contributed by atoms with Crippen LogP contribution in [-0.2, 0) is 17.6 Å². The molecule has 28 heavy (non-hydrogen) atoms. The number of halogens is 2. The summed E-state index contributed by atoms with van der Waals surface area (Å²) in [7, 11) is 0. The monoisotopic (exact) mass is 397 g/mol. The van der Waals surface area contributed by atoms with Crippen molar-refractivity contribution in [3.8, 4) is 11.4 Å². The zero-order valence-electron chi connectivity index (χ0n) is 15.0. The quantitative estimate of drug-likeness (QED) is 0.651. The summed E-state index contributed by atoms with van der Waals surface area (Å²) in [6.07, 6.45) is 3.67. The highest BCUT2D eigenvalue weighted by atomic mass is 35.5. The third-order valence-electron chi connectivity index (χ3n) is 5.49. The van der Waals surface area contributed by atoms with E-state index < -0.39 is 5.82 Å². The van der Waals surface area contributed by atoms with E-state index in [1.807, 2.05) is 6.07 Å². The van der Waals surface area contributed by atoms with Gasteiger partial charge in [0.2, 0.25) is 17.6 Å². The molecule has 1 aromatic heterocycles. The number of anilines is 1. The van der Waals surface area contributed by atoms with Crippen molar-refractivity contribution in [3.63, 3.8) is 0 Å². The molecule has 1 aliphatic heterocycles. The van der Waals surface area contributed by atoms with Gasteiger partial charge in [0, 0.05) is 24.2 Å². The van der Waals surface area contributed by atoms with Crippen molar-refractivity contribution in [2.24, 2.45) is 0 Å². The minimum absolute atomic E-state index is 0.0406. The molecule has 0 N–H and O–H groups in total. The number of amides is 1. The van der Waals surface area contributed by atoms with E-state index in [9.17, 15) is 9.18 Å². The highest BCUT2D eigenvalue weighted by Crippen LogP contribution is 2.34. The van der Waals surface area contributed by atoms with Crippen molar-refractivity contribution in [1.29, 1.82) is 0 Å². The van der Waals surface area contributed by atoms with Crippen LogP contribution in [0.2, 0.25) is 5.02 Å². The molecule has 0 bridgehead atoms. The normalized spacial score (nSPS) is 18.7. The summed E-state index contributed by atoms with van der Waals surface area (Å²) in [6.45, 7) is 0.494. The van der Waals surface area contributed by atoms with E-state index in [0.29, 0.717) is 24.4 Å². The molecule has 1 amide bonds. The number of fused-ring (bicyclic) bond motifs is 1. The standard InChI is InChI=1S/C21H17ClFN3O2/c22-17-7-5-14(9-18(17)23)20-24-21(28-25-20)15-10-19(27)26(11-15)16-6-4-12-2-1-3-13(12)8-16/h4-9,15H,1-3,10-11H2. The van der Waals surface area contributed by atoms with Gasteiger partial charge in [-0.2, -0.15) is 4.98 Å². The highest BCUT2D eigenvalue weighted by molar-refractivity contribution is 6.30. The van der Waals surface area contributed by atoms with Crippen molar-refractivity contribution in [1.82, 2.24) is 10.1 Å². The Morgan fingerprint density at radius 3 is 2.86 bits per heavy atom. The van der Waals surface area contributed by atoms with Gasteiger partial charge in [-0.3, -0.25) is 4.79 Å². The number of carbonyl (C=O) groups excluding carboxylic acids is 1. The van der Waals surface area contributed by atoms with E-state index in [4.69, 9.17) is 16.1 Å². The smallest absolute Gasteiger partial charge is 0.232 e. The predicted molar refractivity (Wildman–Crippen MR) is 103 cm³/mol. The molecule has 0 spiro atoms. The summed E-state index contributed by atoms with van der Waals surface area (Å²) in [4.78, 5) is 18.8. The van der Waals surface area contributed by atoms with Gasteiger partial charge in [0.25, 0.3) is 0 Å². The second kappa shape index (κ2) is 6.71. The second-order valence-corrected chi connectivity index (χ2v) is 7.70. The fourth-order valence-corrected chi connectivity index (χ4v) is 4.12. The Morgan fingerprint density at radius 2 is 2.00 bits per heavy atom. The number of benzene rings is 2. The van der Waals surface area contributed by atoms with Gasteiger partial charge < -0.3 is 9.42 Å². The largest absolute Gasteiger partial charge is 0.339 e. The maximum Gasteiger partial charge on any atom is 0.232 e. The third-order valence-corrected chi connectivity index (χ3v) is 5.79. The van der Waals surface area contributed by atoms with Crippen molar-refractivity contribution >= 4 is 23.2 Å². The number of hydrogen-bond acceptors (Lipinski definition) is 4. The van der Waals surface area contributed by atoms with E-state index in [-0.39, 0.29) is 22.7 Å². The summed E-state index contributed by atoms with van der Waals surface area (Å²) < 4.78 is 19.1. The zero-order chi connectivity index (χ0) is 19.3. The van der Waals surface area contributed by atoms with E-state index in [0.717, 1.165) is 18.5 Å². The maximum atomic E-state index is 13.7. The average Bonchev–Trinajstić information content (AvgIpc) is 3.42. The van der Waals surface area contributed by atoms with Crippen LogP contribution in [-0.4, -0.2) is 22.6 Å². The Morgan fingerprint density at radius 1 is 1.14 bits per heavy atom. The minimum atomic E-state index is -0.538. The number of rotatable bonds is 3. The van der Waals surface area contributed by atoms with Gasteiger partial charge in [-0.05, 0) is 60.7 Å². The Balaban J connectivity index is 1.37. The lowest BCUT2D eigenvalue weighted by Gasteiger charge is -2.17. The van der Waals surface area contributed by atoms with Crippen LogP contribution in [0.5, 0.6) is 0 Å². The zero-order valence-corrected chi connectivity index (χ0v) is 15.7. The van der Waals surface area contributed by atoms with Crippen LogP contribution in [0.25, 0.3) is 11.4 Å². The molecule has 1 unspecified atom stereocenters. The van der Waals surface area contributed by atoms with E-state index in [1.165, 1.54) is 29.7 Å². The average molecular weight is 398 g/mol. The third kappa shape index (κ3) is 2.98. The highest BCUT2D eigenvalue weighted by Gasteiger charge is 2.35. The van der Waals surface area contributed by atoms with Crippen molar-refractivity contribution in [3.05, 3.63) is 64.3 Å². The Hall–Kier alpha value is -2.73. The first-order valence-corrected chi connectivity index (χ1v) is 9.67. The second-order valence-electron chi connectivity index (χ2n) is 7.30. The Labute approximate surface area is 166 Å². The summed E-state index contributed by atoms with van der Waals surface area (Å²) in [5.41, 5.74) is 4.12. The summed E-state index contributed by atoms with van der Waals surface area (Å²) in [6, 6.07) is 10.6. The lowest BCUT2D eigenvalue weighted by atomic mass is 10.1. The van der Waals surface area contributed by atoms with Crippen LogP contribution in [0.3, 0.4) is 0 Å². The SMILES string of the molecule is O=C1CC(c2nc(-c3ccc(Cl)c(F)c3)no2)CN1c1ccc2c(c1)CCC2. The number of nitrogens with zero attached hydrogens (tertiary/aromatic N) is 3. The molecule has 0 saturated carbocycles. The van der Waals surface area contributed by atoms with Gasteiger partial charge in [-0.25, -0.2) is 4.39 Å². The Kier molecular flexibility index (Phi) is 4.16. The van der Waals surface area contributed by atoms with Crippen LogP contribution in [0.1, 0.15) is 35.8 Å². The molecular weight excluding hydrogens is 381 g/mol. The minimum Gasteiger partial charge on any atom is -0.339 e. The summed E-state index contributed by atoms with van der Waals surface area (Å²) >= 11 is 5.72. The predicted octanol–water partition coefficient (Wildman–Crippen LogP) is 4.54. The number of aromatic nitrogens is 2. The molecular formula is C21H17ClFN3O2. The lowest BCUT2D eigenvalue weighted by Crippen LogP contribution is -2.24. The van der Waals surface area contributed by atoms with Gasteiger partial charge in [0.1, 0.15) is 5.82 Å². The van der Waals surface area contributed by atoms with Crippen LogP contribution < -0.4 is 4.90 Å². The van der Waals surface area contributed by atoms with Crippen LogP contribution in [0, 0.1) is 5.82 Å². The van der Waals surface area contributed by atoms with E-state index in [2.05, 4.69) is 22.3 Å². The molecule has 1 saturated heterocycles. The van der Waals surface area contributed by atoms with Crippen LogP contribution in [0.15, 0.2) is 40.9 Å². The number of hydrogen-bond donors (Lipinski definition) is 0. The van der Waals surface area contributed by atoms with Crippen molar-refractivity contribution in [2.45, 2.75) is 31.6 Å². The first-order chi connectivity index (χ1) is 13.6. The molecule has 3 aromatic rings. The number of carbonyl (C=O) groups is 1. The molecule has 1 aliphatic carbocycles. The van der Waals surface area contributed by atoms with Crippen molar-refractivity contribution < 1.29 is 13.7 Å². The summed E-state index contributed by atoms with van der Waals surface area (Å²) in [5.74, 6) is 0.0000891. The van der Waals surface area contributed by atoms with Gasteiger partial charge in [-0.15, -0.1) is 0 Å². The van der Waals surface area contributed by atoms with Gasteiger partial charge >= 0.3 is 0 Å². The molecule has 0 radical (unpaired) electrons. The first kappa shape index (κ1) is 17.4. The van der Waals surface area contributed by atoms with Gasteiger partial charge in [0.05, 0.1) is 10.9 Å². The summed E-state index contributed by atoms with van der Waals surface area (Å²) in [5, 5.41) is 3.99.